The third-order valence-corrected chi connectivity index (χ3v) is 4.01. The largest absolute Gasteiger partial charge is 0.465 e. The van der Waals surface area contributed by atoms with Gasteiger partial charge in [0.15, 0.2) is 0 Å². The van der Waals surface area contributed by atoms with Gasteiger partial charge in [0.25, 0.3) is 5.56 Å². The summed E-state index contributed by atoms with van der Waals surface area (Å²) in [5.74, 6) is 0.310. The van der Waals surface area contributed by atoms with Crippen LogP contribution >= 0.6 is 0 Å². The molecule has 1 aromatic rings. The average molecular weight is 302 g/mol. The zero-order valence-electron chi connectivity index (χ0n) is 13.5. The summed E-state index contributed by atoms with van der Waals surface area (Å²) < 4.78 is 4.72. The van der Waals surface area contributed by atoms with E-state index in [1.54, 1.807) is 13.0 Å². The second kappa shape index (κ2) is 6.30. The number of hydrogen-bond acceptors (Lipinski definition) is 4. The number of H-pyrrole nitrogens is 1. The maximum Gasteiger partial charge on any atom is 0.337 e. The van der Waals surface area contributed by atoms with Crippen molar-refractivity contribution < 1.29 is 9.53 Å². The SMILES string of the molecule is CCc1nc(C)[nH]c(=O)c1CC1(C)C=CC(C(=O)OC)=CC1. The number of aromatic amines is 1. The topological polar surface area (TPSA) is 72.0 Å². The predicted molar refractivity (Wildman–Crippen MR) is 84.6 cm³/mol. The number of esters is 1. The Morgan fingerprint density at radius 2 is 2.23 bits per heavy atom. The summed E-state index contributed by atoms with van der Waals surface area (Å²) >= 11 is 0. The Bertz CT molecular complexity index is 700. The molecule has 0 saturated heterocycles. The van der Waals surface area contributed by atoms with Crippen molar-refractivity contribution in [2.24, 2.45) is 5.41 Å². The zero-order valence-corrected chi connectivity index (χ0v) is 13.5. The summed E-state index contributed by atoms with van der Waals surface area (Å²) in [6, 6.07) is 0. The van der Waals surface area contributed by atoms with E-state index in [0.29, 0.717) is 24.2 Å². The molecule has 0 radical (unpaired) electrons. The van der Waals surface area contributed by atoms with Gasteiger partial charge in [0, 0.05) is 5.56 Å². The van der Waals surface area contributed by atoms with Crippen molar-refractivity contribution in [1.29, 1.82) is 0 Å². The normalized spacial score (nSPS) is 20.6. The van der Waals surface area contributed by atoms with E-state index in [1.165, 1.54) is 7.11 Å². The standard InChI is InChI=1S/C17H22N2O3/c1-5-14-13(15(20)19-11(2)18-14)10-17(3)8-6-12(7-9-17)16(21)22-4/h6-8H,5,9-10H2,1-4H3,(H,18,19,20). The number of carbonyl (C=O) groups is 1. The molecule has 0 aliphatic heterocycles. The lowest BCUT2D eigenvalue weighted by Crippen LogP contribution is -2.27. The molecule has 0 fully saturated rings. The molecule has 1 aliphatic carbocycles. The lowest BCUT2D eigenvalue weighted by Gasteiger charge is -2.28. The van der Waals surface area contributed by atoms with Gasteiger partial charge >= 0.3 is 5.97 Å². The van der Waals surface area contributed by atoms with Gasteiger partial charge in [-0.25, -0.2) is 9.78 Å². The molecule has 1 aromatic heterocycles. The number of rotatable bonds is 4. The van der Waals surface area contributed by atoms with Gasteiger partial charge in [-0.15, -0.1) is 0 Å². The minimum Gasteiger partial charge on any atom is -0.465 e. The molecule has 5 heteroatoms. The highest BCUT2D eigenvalue weighted by Crippen LogP contribution is 2.33. The average Bonchev–Trinajstić information content (AvgIpc) is 2.49. The van der Waals surface area contributed by atoms with E-state index in [4.69, 9.17) is 4.74 Å². The highest BCUT2D eigenvalue weighted by molar-refractivity contribution is 5.91. The molecule has 0 amide bonds. The Kier molecular flexibility index (Phi) is 4.64. The van der Waals surface area contributed by atoms with Crippen molar-refractivity contribution >= 4 is 5.97 Å². The number of ether oxygens (including phenoxy) is 1. The molecule has 1 unspecified atom stereocenters. The van der Waals surface area contributed by atoms with Gasteiger partial charge in [-0.1, -0.05) is 32.1 Å². The number of nitrogens with one attached hydrogen (secondary N) is 1. The monoisotopic (exact) mass is 302 g/mol. The van der Waals surface area contributed by atoms with Crippen LogP contribution in [-0.2, 0) is 22.4 Å². The van der Waals surface area contributed by atoms with E-state index in [-0.39, 0.29) is 16.9 Å². The quantitative estimate of drug-likeness (QED) is 0.866. The fourth-order valence-electron chi connectivity index (χ4n) is 2.72. The van der Waals surface area contributed by atoms with Gasteiger partial charge in [-0.2, -0.15) is 0 Å². The third kappa shape index (κ3) is 3.35. The molecule has 1 atom stereocenters. The molecule has 0 spiro atoms. The Morgan fingerprint density at radius 1 is 1.50 bits per heavy atom. The molecule has 0 bridgehead atoms. The van der Waals surface area contributed by atoms with Crippen LogP contribution < -0.4 is 5.56 Å². The number of aryl methyl sites for hydroxylation is 2. The molecule has 22 heavy (non-hydrogen) atoms. The predicted octanol–water partition coefficient (Wildman–Crippen LogP) is 2.25. The zero-order chi connectivity index (χ0) is 16.3. The van der Waals surface area contributed by atoms with Crippen LogP contribution in [0.25, 0.3) is 0 Å². The minimum atomic E-state index is -0.331. The Morgan fingerprint density at radius 3 is 2.77 bits per heavy atom. The van der Waals surface area contributed by atoms with Crippen LogP contribution in [0.2, 0.25) is 0 Å². The van der Waals surface area contributed by atoms with Crippen LogP contribution in [-0.4, -0.2) is 23.0 Å². The van der Waals surface area contributed by atoms with E-state index in [0.717, 1.165) is 17.7 Å². The molecule has 1 heterocycles. The highest BCUT2D eigenvalue weighted by Gasteiger charge is 2.27. The van der Waals surface area contributed by atoms with Crippen LogP contribution in [0, 0.1) is 12.3 Å². The van der Waals surface area contributed by atoms with E-state index < -0.39 is 0 Å². The lowest BCUT2D eigenvalue weighted by atomic mass is 9.77. The highest BCUT2D eigenvalue weighted by atomic mass is 16.5. The van der Waals surface area contributed by atoms with Crippen molar-refractivity contribution in [2.75, 3.05) is 7.11 Å². The number of allylic oxidation sites excluding steroid dienone is 2. The summed E-state index contributed by atoms with van der Waals surface area (Å²) in [7, 11) is 1.37. The van der Waals surface area contributed by atoms with Crippen LogP contribution in [0.15, 0.2) is 28.6 Å². The van der Waals surface area contributed by atoms with Crippen molar-refractivity contribution in [3.8, 4) is 0 Å². The molecular formula is C17H22N2O3. The summed E-state index contributed by atoms with van der Waals surface area (Å²) in [5, 5.41) is 0. The summed E-state index contributed by atoms with van der Waals surface area (Å²) in [4.78, 5) is 31.0. The van der Waals surface area contributed by atoms with E-state index >= 15 is 0 Å². The molecule has 2 rings (SSSR count). The molecule has 1 N–H and O–H groups in total. The summed E-state index contributed by atoms with van der Waals surface area (Å²) in [5.41, 5.74) is 1.87. The van der Waals surface area contributed by atoms with Crippen molar-refractivity contribution in [1.82, 2.24) is 9.97 Å². The number of carbonyl (C=O) groups excluding carboxylic acids is 1. The van der Waals surface area contributed by atoms with E-state index in [2.05, 4.69) is 16.9 Å². The first-order valence-corrected chi connectivity index (χ1v) is 7.45. The summed E-state index contributed by atoms with van der Waals surface area (Å²) in [6.45, 7) is 5.86. The first-order valence-electron chi connectivity index (χ1n) is 7.45. The van der Waals surface area contributed by atoms with Gasteiger partial charge in [0.2, 0.25) is 0 Å². The molecule has 1 aliphatic rings. The van der Waals surface area contributed by atoms with E-state index in [1.807, 2.05) is 19.1 Å². The number of nitrogens with zero attached hydrogens (tertiary/aromatic N) is 1. The van der Waals surface area contributed by atoms with Crippen LogP contribution in [0.1, 0.15) is 37.4 Å². The van der Waals surface area contributed by atoms with Crippen molar-refractivity contribution in [2.45, 2.75) is 40.0 Å². The van der Waals surface area contributed by atoms with Crippen LogP contribution in [0.3, 0.4) is 0 Å². The van der Waals surface area contributed by atoms with E-state index in [9.17, 15) is 9.59 Å². The number of methoxy groups -OCH3 is 1. The van der Waals surface area contributed by atoms with Crippen LogP contribution in [0.4, 0.5) is 0 Å². The first-order chi connectivity index (χ1) is 10.4. The van der Waals surface area contributed by atoms with Crippen molar-refractivity contribution in [3.63, 3.8) is 0 Å². The molecular weight excluding hydrogens is 280 g/mol. The number of hydrogen-bond donors (Lipinski definition) is 1. The number of aromatic nitrogens is 2. The molecule has 0 saturated carbocycles. The molecule has 118 valence electrons. The van der Waals surface area contributed by atoms with Gasteiger partial charge in [0.1, 0.15) is 5.82 Å². The second-order valence-corrected chi connectivity index (χ2v) is 5.95. The summed E-state index contributed by atoms with van der Waals surface area (Å²) in [6.07, 6.45) is 7.63. The third-order valence-electron chi connectivity index (χ3n) is 4.01. The Balaban J connectivity index is 2.26. The van der Waals surface area contributed by atoms with Gasteiger partial charge in [-0.05, 0) is 31.6 Å². The van der Waals surface area contributed by atoms with Gasteiger partial charge in [0.05, 0.1) is 18.4 Å². The van der Waals surface area contributed by atoms with Gasteiger partial charge < -0.3 is 9.72 Å². The maximum atomic E-state index is 12.2. The smallest absolute Gasteiger partial charge is 0.337 e. The van der Waals surface area contributed by atoms with Gasteiger partial charge in [-0.3, -0.25) is 4.79 Å². The first kappa shape index (κ1) is 16.2. The molecule has 5 nitrogen and oxygen atoms in total. The fourth-order valence-corrected chi connectivity index (χ4v) is 2.72. The maximum absolute atomic E-state index is 12.2. The minimum absolute atomic E-state index is 0.0679. The fraction of sp³-hybridized carbons (Fsp3) is 0.471. The Labute approximate surface area is 130 Å². The van der Waals surface area contributed by atoms with Crippen molar-refractivity contribution in [3.05, 3.63) is 51.2 Å². The second-order valence-electron chi connectivity index (χ2n) is 5.95. The lowest BCUT2D eigenvalue weighted by molar-refractivity contribution is -0.135. The Hall–Kier alpha value is -2.17. The molecule has 0 aromatic carbocycles. The van der Waals surface area contributed by atoms with Crippen LogP contribution in [0.5, 0.6) is 0 Å².